The highest BCUT2D eigenvalue weighted by molar-refractivity contribution is 7.89. The average molecular weight is 248 g/mol. The van der Waals surface area contributed by atoms with E-state index in [4.69, 9.17) is 10.9 Å². The van der Waals surface area contributed by atoms with E-state index in [1.165, 1.54) is 12.1 Å². The van der Waals surface area contributed by atoms with Crippen LogP contribution < -0.4 is 10.9 Å². The first kappa shape index (κ1) is 11.6. The molecule has 0 saturated carbocycles. The third-order valence-corrected chi connectivity index (χ3v) is 3.35. The molecule has 0 aliphatic heterocycles. The summed E-state index contributed by atoms with van der Waals surface area (Å²) in [6.45, 7) is 0. The summed E-state index contributed by atoms with van der Waals surface area (Å²) >= 11 is 0. The molecule has 0 spiro atoms. The minimum Gasteiger partial charge on any atom is -0.398 e. The van der Waals surface area contributed by atoms with Gasteiger partial charge in [0.2, 0.25) is 10.0 Å². The van der Waals surface area contributed by atoms with Gasteiger partial charge in [-0.15, -0.1) is 0 Å². The summed E-state index contributed by atoms with van der Waals surface area (Å²) in [6, 6.07) is 13.7. The standard InChI is InChI=1S/C12H12N2O2S/c13-12-7-2-1-6-11(12)9-4-3-5-10(8-9)17(14,15)16/h1-8H,13H2,(H2,14,15,16). The molecule has 0 bridgehead atoms. The van der Waals surface area contributed by atoms with E-state index >= 15 is 0 Å². The van der Waals surface area contributed by atoms with Gasteiger partial charge in [-0.05, 0) is 23.8 Å². The largest absolute Gasteiger partial charge is 0.398 e. The van der Waals surface area contributed by atoms with Crippen molar-refractivity contribution >= 4 is 15.7 Å². The number of anilines is 1. The van der Waals surface area contributed by atoms with E-state index in [9.17, 15) is 8.42 Å². The second-order valence-corrected chi connectivity index (χ2v) is 5.22. The molecule has 0 radical (unpaired) electrons. The van der Waals surface area contributed by atoms with Gasteiger partial charge in [-0.2, -0.15) is 0 Å². The Kier molecular flexibility index (Phi) is 2.87. The maximum atomic E-state index is 11.2. The maximum Gasteiger partial charge on any atom is 0.238 e. The molecule has 17 heavy (non-hydrogen) atoms. The topological polar surface area (TPSA) is 86.2 Å². The highest BCUT2D eigenvalue weighted by atomic mass is 32.2. The molecular formula is C12H12N2O2S. The van der Waals surface area contributed by atoms with Gasteiger partial charge in [0.1, 0.15) is 0 Å². The molecule has 2 aromatic rings. The van der Waals surface area contributed by atoms with E-state index < -0.39 is 10.0 Å². The van der Waals surface area contributed by atoms with Crippen LogP contribution in [0.4, 0.5) is 5.69 Å². The first-order valence-electron chi connectivity index (χ1n) is 4.96. The Bertz CT molecular complexity index is 651. The Morgan fingerprint density at radius 2 is 1.65 bits per heavy atom. The zero-order valence-electron chi connectivity index (χ0n) is 9.00. The van der Waals surface area contributed by atoms with Gasteiger partial charge in [0.05, 0.1) is 4.90 Å². The Morgan fingerprint density at radius 1 is 0.941 bits per heavy atom. The second kappa shape index (κ2) is 4.20. The van der Waals surface area contributed by atoms with Gasteiger partial charge in [-0.25, -0.2) is 13.6 Å². The normalized spacial score (nSPS) is 11.4. The molecule has 5 heteroatoms. The summed E-state index contributed by atoms with van der Waals surface area (Å²) in [5.41, 5.74) is 7.95. The molecule has 0 heterocycles. The van der Waals surface area contributed by atoms with E-state index in [2.05, 4.69) is 0 Å². The fourth-order valence-electron chi connectivity index (χ4n) is 1.60. The lowest BCUT2D eigenvalue weighted by atomic mass is 10.0. The monoisotopic (exact) mass is 248 g/mol. The zero-order valence-corrected chi connectivity index (χ0v) is 9.81. The van der Waals surface area contributed by atoms with E-state index in [1.54, 1.807) is 18.2 Å². The average Bonchev–Trinajstić information content (AvgIpc) is 2.29. The summed E-state index contributed by atoms with van der Waals surface area (Å²) in [7, 11) is -3.69. The van der Waals surface area contributed by atoms with E-state index in [0.29, 0.717) is 5.69 Å². The molecule has 0 aromatic heterocycles. The molecule has 0 amide bonds. The Morgan fingerprint density at radius 3 is 2.29 bits per heavy atom. The van der Waals surface area contributed by atoms with Crippen LogP contribution in [-0.4, -0.2) is 8.42 Å². The van der Waals surface area contributed by atoms with Crippen molar-refractivity contribution in [1.82, 2.24) is 0 Å². The summed E-state index contributed by atoms with van der Waals surface area (Å²) < 4.78 is 22.5. The van der Waals surface area contributed by atoms with Gasteiger partial charge in [0.15, 0.2) is 0 Å². The molecule has 4 N–H and O–H groups in total. The van der Waals surface area contributed by atoms with Gasteiger partial charge in [0.25, 0.3) is 0 Å². The van der Waals surface area contributed by atoms with Crippen LogP contribution in [0.5, 0.6) is 0 Å². The lowest BCUT2D eigenvalue weighted by molar-refractivity contribution is 0.598. The summed E-state index contributed by atoms with van der Waals surface area (Å²) in [5, 5.41) is 5.08. The highest BCUT2D eigenvalue weighted by Gasteiger charge is 2.09. The van der Waals surface area contributed by atoms with Gasteiger partial charge < -0.3 is 5.73 Å². The van der Waals surface area contributed by atoms with Crippen molar-refractivity contribution in [3.63, 3.8) is 0 Å². The quantitative estimate of drug-likeness (QED) is 0.791. The molecule has 0 atom stereocenters. The lowest BCUT2D eigenvalue weighted by Crippen LogP contribution is -2.11. The fraction of sp³-hybridized carbons (Fsp3) is 0. The Balaban J connectivity index is 2.59. The molecule has 0 unspecified atom stereocenters. The number of hydrogen-bond donors (Lipinski definition) is 2. The van der Waals surface area contributed by atoms with Crippen molar-refractivity contribution in [3.8, 4) is 11.1 Å². The third kappa shape index (κ3) is 2.46. The van der Waals surface area contributed by atoms with Crippen molar-refractivity contribution in [2.45, 2.75) is 4.90 Å². The van der Waals surface area contributed by atoms with Gasteiger partial charge in [-0.1, -0.05) is 30.3 Å². The summed E-state index contributed by atoms with van der Waals surface area (Å²) in [4.78, 5) is 0.0817. The Hall–Kier alpha value is -1.85. The molecule has 2 rings (SSSR count). The predicted molar refractivity (Wildman–Crippen MR) is 67.7 cm³/mol. The van der Waals surface area contributed by atoms with Gasteiger partial charge in [-0.3, -0.25) is 0 Å². The minimum absolute atomic E-state index is 0.0817. The van der Waals surface area contributed by atoms with Crippen LogP contribution in [0.15, 0.2) is 53.4 Å². The van der Waals surface area contributed by atoms with Crippen LogP contribution in [-0.2, 0) is 10.0 Å². The molecule has 4 nitrogen and oxygen atoms in total. The zero-order chi connectivity index (χ0) is 12.5. The first-order chi connectivity index (χ1) is 7.98. The maximum absolute atomic E-state index is 11.2. The molecule has 0 saturated heterocycles. The SMILES string of the molecule is Nc1ccccc1-c1cccc(S(N)(=O)=O)c1. The molecule has 0 aliphatic carbocycles. The number of hydrogen-bond acceptors (Lipinski definition) is 3. The number of para-hydroxylation sites is 1. The van der Waals surface area contributed by atoms with Crippen molar-refractivity contribution < 1.29 is 8.42 Å². The molecule has 0 fully saturated rings. The van der Waals surface area contributed by atoms with Crippen molar-refractivity contribution in [1.29, 1.82) is 0 Å². The smallest absolute Gasteiger partial charge is 0.238 e. The van der Waals surface area contributed by atoms with Crippen LogP contribution >= 0.6 is 0 Å². The van der Waals surface area contributed by atoms with Crippen LogP contribution in [0, 0.1) is 0 Å². The van der Waals surface area contributed by atoms with Crippen LogP contribution in [0.25, 0.3) is 11.1 Å². The number of sulfonamides is 1. The van der Waals surface area contributed by atoms with E-state index in [1.807, 2.05) is 18.2 Å². The number of rotatable bonds is 2. The van der Waals surface area contributed by atoms with Crippen LogP contribution in [0.1, 0.15) is 0 Å². The van der Waals surface area contributed by atoms with Gasteiger partial charge >= 0.3 is 0 Å². The van der Waals surface area contributed by atoms with Crippen LogP contribution in [0.2, 0.25) is 0 Å². The van der Waals surface area contributed by atoms with Crippen molar-refractivity contribution in [3.05, 3.63) is 48.5 Å². The number of nitrogen functional groups attached to an aromatic ring is 1. The highest BCUT2D eigenvalue weighted by Crippen LogP contribution is 2.26. The Labute approximate surface area is 99.9 Å². The number of nitrogens with two attached hydrogens (primary N) is 2. The minimum atomic E-state index is -3.69. The van der Waals surface area contributed by atoms with Crippen molar-refractivity contribution in [2.75, 3.05) is 5.73 Å². The molecule has 2 aromatic carbocycles. The molecule has 0 aliphatic rings. The summed E-state index contributed by atoms with van der Waals surface area (Å²) in [5.74, 6) is 0. The lowest BCUT2D eigenvalue weighted by Gasteiger charge is -2.06. The predicted octanol–water partition coefficient (Wildman–Crippen LogP) is 1.58. The molecule has 88 valence electrons. The first-order valence-corrected chi connectivity index (χ1v) is 6.51. The third-order valence-electron chi connectivity index (χ3n) is 2.43. The number of benzene rings is 2. The van der Waals surface area contributed by atoms with E-state index in [-0.39, 0.29) is 4.90 Å². The van der Waals surface area contributed by atoms with Crippen LogP contribution in [0.3, 0.4) is 0 Å². The fourth-order valence-corrected chi connectivity index (χ4v) is 2.16. The summed E-state index contributed by atoms with van der Waals surface area (Å²) in [6.07, 6.45) is 0. The second-order valence-electron chi connectivity index (χ2n) is 3.66. The van der Waals surface area contributed by atoms with Crippen molar-refractivity contribution in [2.24, 2.45) is 5.14 Å². The van der Waals surface area contributed by atoms with Gasteiger partial charge in [0, 0.05) is 11.3 Å². The molecular weight excluding hydrogens is 236 g/mol. The van der Waals surface area contributed by atoms with E-state index in [0.717, 1.165) is 11.1 Å². The number of primary sulfonamides is 1.